The van der Waals surface area contributed by atoms with Gasteiger partial charge in [0.2, 0.25) is 0 Å². The summed E-state index contributed by atoms with van der Waals surface area (Å²) >= 11 is 0. The Morgan fingerprint density at radius 2 is 2.12 bits per heavy atom. The van der Waals surface area contributed by atoms with Crippen LogP contribution < -0.4 is 0 Å². The molecule has 3 heteroatoms. The molecule has 0 spiro atoms. The van der Waals surface area contributed by atoms with Gasteiger partial charge in [0, 0.05) is 19.4 Å². The van der Waals surface area contributed by atoms with E-state index in [4.69, 9.17) is 0 Å². The van der Waals surface area contributed by atoms with Gasteiger partial charge in [0.1, 0.15) is 5.78 Å². The lowest BCUT2D eigenvalue weighted by Gasteiger charge is -2.34. The van der Waals surface area contributed by atoms with Crippen molar-refractivity contribution in [3.05, 3.63) is 35.4 Å². The summed E-state index contributed by atoms with van der Waals surface area (Å²) in [5.74, 6) is 0.185. The summed E-state index contributed by atoms with van der Waals surface area (Å²) in [7, 11) is 4.03. The van der Waals surface area contributed by atoms with Gasteiger partial charge in [-0.05, 0) is 25.2 Å². The van der Waals surface area contributed by atoms with Crippen LogP contribution in [0.15, 0.2) is 24.3 Å². The minimum atomic E-state index is -0.556. The van der Waals surface area contributed by atoms with Crippen molar-refractivity contribution >= 4 is 5.78 Å². The maximum Gasteiger partial charge on any atom is 0.136 e. The van der Waals surface area contributed by atoms with E-state index in [0.29, 0.717) is 12.8 Å². The van der Waals surface area contributed by atoms with Gasteiger partial charge in [-0.1, -0.05) is 24.3 Å². The van der Waals surface area contributed by atoms with Gasteiger partial charge < -0.3 is 4.90 Å². The summed E-state index contributed by atoms with van der Waals surface area (Å²) in [6, 6.07) is 10.3. The third kappa shape index (κ3) is 2.22. The average Bonchev–Trinajstić information content (AvgIpc) is 2.24. The SMILES string of the molecule is CN(C)Cc1cccc(C2(C#N)CC(=O)C2)c1. The van der Waals surface area contributed by atoms with Crippen molar-refractivity contribution in [3.8, 4) is 6.07 Å². The molecule has 0 heterocycles. The number of carbonyl (C=O) groups excluding carboxylic acids is 1. The number of benzene rings is 1. The van der Waals surface area contributed by atoms with Crippen molar-refractivity contribution in [3.63, 3.8) is 0 Å². The summed E-state index contributed by atoms with van der Waals surface area (Å²) in [6.45, 7) is 0.850. The second-order valence-corrected chi connectivity index (χ2v) is 5.02. The van der Waals surface area contributed by atoms with E-state index in [1.54, 1.807) is 0 Å². The van der Waals surface area contributed by atoms with Crippen molar-refractivity contribution < 1.29 is 4.79 Å². The monoisotopic (exact) mass is 228 g/mol. The number of rotatable bonds is 3. The first-order valence-electron chi connectivity index (χ1n) is 5.73. The van der Waals surface area contributed by atoms with E-state index in [2.05, 4.69) is 23.1 Å². The fourth-order valence-electron chi connectivity index (χ4n) is 2.30. The predicted octanol–water partition coefficient (Wildman–Crippen LogP) is 1.87. The summed E-state index contributed by atoms with van der Waals surface area (Å²) in [6.07, 6.45) is 0.740. The zero-order chi connectivity index (χ0) is 12.5. The van der Waals surface area contributed by atoms with E-state index in [9.17, 15) is 10.1 Å². The van der Waals surface area contributed by atoms with Crippen LogP contribution in [0.2, 0.25) is 0 Å². The molecule has 1 aromatic rings. The van der Waals surface area contributed by atoms with E-state index in [-0.39, 0.29) is 5.78 Å². The Kier molecular flexibility index (Phi) is 2.99. The zero-order valence-electron chi connectivity index (χ0n) is 10.2. The van der Waals surface area contributed by atoms with E-state index in [1.165, 1.54) is 5.56 Å². The van der Waals surface area contributed by atoms with Gasteiger partial charge in [0.25, 0.3) is 0 Å². The highest BCUT2D eigenvalue weighted by Crippen LogP contribution is 2.40. The minimum Gasteiger partial charge on any atom is -0.305 e. The first-order chi connectivity index (χ1) is 8.05. The van der Waals surface area contributed by atoms with Crippen LogP contribution in [-0.2, 0) is 16.8 Å². The standard InChI is InChI=1S/C14H16N2O/c1-16(2)9-11-4-3-5-12(6-11)14(10-15)7-13(17)8-14/h3-6H,7-9H2,1-2H3. The third-order valence-corrected chi connectivity index (χ3v) is 3.19. The van der Waals surface area contributed by atoms with Crippen LogP contribution in [0.4, 0.5) is 0 Å². The van der Waals surface area contributed by atoms with Gasteiger partial charge in [-0.2, -0.15) is 5.26 Å². The minimum absolute atomic E-state index is 0.185. The van der Waals surface area contributed by atoms with Gasteiger partial charge in [-0.3, -0.25) is 4.79 Å². The molecule has 0 bridgehead atoms. The smallest absolute Gasteiger partial charge is 0.136 e. The van der Waals surface area contributed by atoms with E-state index < -0.39 is 5.41 Å². The van der Waals surface area contributed by atoms with E-state index >= 15 is 0 Å². The lowest BCUT2D eigenvalue weighted by molar-refractivity contribution is -0.126. The summed E-state index contributed by atoms with van der Waals surface area (Å²) in [4.78, 5) is 13.2. The molecule has 1 aliphatic carbocycles. The van der Waals surface area contributed by atoms with Crippen molar-refractivity contribution in [2.24, 2.45) is 0 Å². The van der Waals surface area contributed by atoms with Crippen molar-refractivity contribution in [2.45, 2.75) is 24.8 Å². The molecule has 0 atom stereocenters. The molecule has 1 aliphatic rings. The highest BCUT2D eigenvalue weighted by Gasteiger charge is 2.45. The molecule has 1 saturated carbocycles. The lowest BCUT2D eigenvalue weighted by atomic mass is 9.64. The third-order valence-electron chi connectivity index (χ3n) is 3.19. The molecule has 0 aromatic heterocycles. The quantitative estimate of drug-likeness (QED) is 0.793. The highest BCUT2D eigenvalue weighted by molar-refractivity contribution is 5.90. The highest BCUT2D eigenvalue weighted by atomic mass is 16.1. The molecular weight excluding hydrogens is 212 g/mol. The predicted molar refractivity (Wildman–Crippen MR) is 65.4 cm³/mol. The van der Waals surface area contributed by atoms with Crippen LogP contribution in [0.5, 0.6) is 0 Å². The number of nitrogens with zero attached hydrogens (tertiary/aromatic N) is 2. The zero-order valence-corrected chi connectivity index (χ0v) is 10.2. The number of carbonyl (C=O) groups is 1. The Balaban J connectivity index is 2.27. The topological polar surface area (TPSA) is 44.1 Å². The number of ketones is 1. The molecular formula is C14H16N2O. The van der Waals surface area contributed by atoms with Crippen LogP contribution in [-0.4, -0.2) is 24.8 Å². The van der Waals surface area contributed by atoms with Crippen LogP contribution in [0.1, 0.15) is 24.0 Å². The average molecular weight is 228 g/mol. The molecule has 0 aliphatic heterocycles. The Hall–Kier alpha value is -1.66. The van der Waals surface area contributed by atoms with Crippen LogP contribution >= 0.6 is 0 Å². The largest absolute Gasteiger partial charge is 0.305 e. The van der Waals surface area contributed by atoms with Crippen molar-refractivity contribution in [1.29, 1.82) is 5.26 Å². The van der Waals surface area contributed by atoms with Gasteiger partial charge >= 0.3 is 0 Å². The molecule has 0 N–H and O–H groups in total. The number of nitriles is 1. The fraction of sp³-hybridized carbons (Fsp3) is 0.429. The summed E-state index contributed by atoms with van der Waals surface area (Å²) in [5, 5.41) is 9.27. The molecule has 17 heavy (non-hydrogen) atoms. The normalized spacial score (nSPS) is 17.6. The maximum absolute atomic E-state index is 11.2. The van der Waals surface area contributed by atoms with Gasteiger partial charge in [0.05, 0.1) is 11.5 Å². The summed E-state index contributed by atoms with van der Waals surface area (Å²) in [5.41, 5.74) is 1.61. The van der Waals surface area contributed by atoms with Crippen LogP contribution in [0.25, 0.3) is 0 Å². The molecule has 1 fully saturated rings. The number of hydrogen-bond acceptors (Lipinski definition) is 3. The number of hydrogen-bond donors (Lipinski definition) is 0. The Morgan fingerprint density at radius 3 is 2.65 bits per heavy atom. The summed E-state index contributed by atoms with van der Waals surface area (Å²) < 4.78 is 0. The first-order valence-corrected chi connectivity index (χ1v) is 5.73. The number of Topliss-reactive ketones (excluding diaryl/α,β-unsaturated/α-hetero) is 1. The second-order valence-electron chi connectivity index (χ2n) is 5.02. The molecule has 2 rings (SSSR count). The lowest BCUT2D eigenvalue weighted by Crippen LogP contribution is -2.40. The molecule has 0 radical (unpaired) electrons. The van der Waals surface area contributed by atoms with E-state index in [1.807, 2.05) is 26.2 Å². The Bertz CT molecular complexity index is 477. The Labute approximate surface area is 102 Å². The Morgan fingerprint density at radius 1 is 1.41 bits per heavy atom. The fourth-order valence-corrected chi connectivity index (χ4v) is 2.30. The van der Waals surface area contributed by atoms with Crippen LogP contribution in [0, 0.1) is 11.3 Å². The second kappa shape index (κ2) is 4.31. The van der Waals surface area contributed by atoms with Gasteiger partial charge in [-0.25, -0.2) is 0 Å². The van der Waals surface area contributed by atoms with Gasteiger partial charge in [-0.15, -0.1) is 0 Å². The van der Waals surface area contributed by atoms with Crippen LogP contribution in [0.3, 0.4) is 0 Å². The first kappa shape index (κ1) is 11.8. The molecule has 0 saturated heterocycles. The maximum atomic E-state index is 11.2. The molecule has 0 amide bonds. The van der Waals surface area contributed by atoms with E-state index in [0.717, 1.165) is 12.1 Å². The molecule has 1 aromatic carbocycles. The molecule has 88 valence electrons. The van der Waals surface area contributed by atoms with Gasteiger partial charge in [0.15, 0.2) is 0 Å². The molecule has 3 nitrogen and oxygen atoms in total. The molecule has 0 unspecified atom stereocenters. The van der Waals surface area contributed by atoms with Crippen molar-refractivity contribution in [2.75, 3.05) is 14.1 Å². The van der Waals surface area contributed by atoms with Crippen molar-refractivity contribution in [1.82, 2.24) is 4.90 Å².